The van der Waals surface area contributed by atoms with Crippen LogP contribution in [0.25, 0.3) is 0 Å². The maximum Gasteiger partial charge on any atom is 0.313 e. The van der Waals surface area contributed by atoms with Crippen LogP contribution in [0.3, 0.4) is 0 Å². The molecule has 108 valence electrons. The number of methoxy groups -OCH3 is 1. The Morgan fingerprint density at radius 1 is 1.35 bits per heavy atom. The van der Waals surface area contributed by atoms with Crippen LogP contribution >= 0.6 is 0 Å². The lowest BCUT2D eigenvalue weighted by Gasteiger charge is -2.33. The average Bonchev–Trinajstić information content (AvgIpc) is 3.03. The van der Waals surface area contributed by atoms with Crippen LogP contribution < -0.4 is 0 Å². The van der Waals surface area contributed by atoms with Crippen molar-refractivity contribution in [2.24, 2.45) is 28.1 Å². The molecule has 0 aliphatic heterocycles. The van der Waals surface area contributed by atoms with E-state index in [1.54, 1.807) is 0 Å². The van der Waals surface area contributed by atoms with Gasteiger partial charge in [0.1, 0.15) is 12.6 Å². The van der Waals surface area contributed by atoms with E-state index in [9.17, 15) is 14.4 Å². The normalized spacial score (nSPS) is 43.9. The van der Waals surface area contributed by atoms with Crippen molar-refractivity contribution in [2.75, 3.05) is 7.11 Å². The SMILES string of the molecule is COC(=O)C12C[C@@]1(C=O)C(C=O)=C[C@@H]1CC(C)(C)C[C@@H]12. The minimum Gasteiger partial charge on any atom is -0.469 e. The smallest absolute Gasteiger partial charge is 0.313 e. The molecule has 0 aromatic heterocycles. The third-order valence-corrected chi connectivity index (χ3v) is 5.73. The fourth-order valence-electron chi connectivity index (χ4n) is 4.87. The van der Waals surface area contributed by atoms with E-state index in [0.29, 0.717) is 12.0 Å². The zero-order chi connectivity index (χ0) is 14.8. The van der Waals surface area contributed by atoms with E-state index in [1.807, 2.05) is 6.08 Å². The summed E-state index contributed by atoms with van der Waals surface area (Å²) in [6, 6.07) is 0. The van der Waals surface area contributed by atoms with Crippen molar-refractivity contribution >= 4 is 18.5 Å². The van der Waals surface area contributed by atoms with Crippen LogP contribution in [0, 0.1) is 28.1 Å². The van der Waals surface area contributed by atoms with Gasteiger partial charge in [-0.25, -0.2) is 0 Å². The van der Waals surface area contributed by atoms with Crippen molar-refractivity contribution in [3.63, 3.8) is 0 Å². The summed E-state index contributed by atoms with van der Waals surface area (Å²) in [6.07, 6.45) is 5.76. The van der Waals surface area contributed by atoms with Gasteiger partial charge in [-0.15, -0.1) is 0 Å². The molecule has 0 amide bonds. The molecule has 0 aromatic carbocycles. The first kappa shape index (κ1) is 13.5. The van der Waals surface area contributed by atoms with Gasteiger partial charge < -0.3 is 9.53 Å². The summed E-state index contributed by atoms with van der Waals surface area (Å²) in [5.41, 5.74) is -1.12. The molecular formula is C16H20O4. The standard InChI is InChI=1S/C16H20O4/c1-14(2)5-10-4-11(7-17)15(9-18)8-16(15,12(10)6-14)13(19)20-3/h4,7,9-10,12H,5-6,8H2,1-3H3/t10-,12+,15-,16?/m1/s1. The molecule has 3 aliphatic carbocycles. The Morgan fingerprint density at radius 3 is 2.60 bits per heavy atom. The summed E-state index contributed by atoms with van der Waals surface area (Å²) >= 11 is 0. The highest BCUT2D eigenvalue weighted by Crippen LogP contribution is 2.77. The Labute approximate surface area is 118 Å². The third-order valence-electron chi connectivity index (χ3n) is 5.73. The molecule has 2 saturated carbocycles. The van der Waals surface area contributed by atoms with Crippen molar-refractivity contribution in [3.8, 4) is 0 Å². The largest absolute Gasteiger partial charge is 0.469 e. The van der Waals surface area contributed by atoms with Crippen molar-refractivity contribution in [2.45, 2.75) is 33.1 Å². The van der Waals surface area contributed by atoms with Crippen LogP contribution in [0.5, 0.6) is 0 Å². The monoisotopic (exact) mass is 276 g/mol. The zero-order valence-electron chi connectivity index (χ0n) is 12.1. The van der Waals surface area contributed by atoms with E-state index in [1.165, 1.54) is 7.11 Å². The molecule has 4 atom stereocenters. The zero-order valence-corrected chi connectivity index (χ0v) is 12.1. The number of allylic oxidation sites excluding steroid dienone is 2. The third kappa shape index (κ3) is 1.34. The molecular weight excluding hydrogens is 256 g/mol. The van der Waals surface area contributed by atoms with Gasteiger partial charge in [-0.1, -0.05) is 19.9 Å². The molecule has 0 saturated heterocycles. The first-order valence-electron chi connectivity index (χ1n) is 7.09. The summed E-state index contributed by atoms with van der Waals surface area (Å²) in [5.74, 6) is -0.0246. The maximum absolute atomic E-state index is 12.4. The minimum atomic E-state index is -0.927. The van der Waals surface area contributed by atoms with E-state index in [4.69, 9.17) is 4.74 Å². The highest BCUT2D eigenvalue weighted by molar-refractivity contribution is 5.99. The molecule has 0 spiro atoms. The Morgan fingerprint density at radius 2 is 2.05 bits per heavy atom. The molecule has 0 aromatic rings. The lowest BCUT2D eigenvalue weighted by molar-refractivity contribution is -0.153. The second-order valence-electron chi connectivity index (χ2n) is 7.31. The van der Waals surface area contributed by atoms with Crippen LogP contribution in [0.4, 0.5) is 0 Å². The Kier molecular flexibility index (Phi) is 2.57. The van der Waals surface area contributed by atoms with Crippen molar-refractivity contribution in [1.29, 1.82) is 0 Å². The summed E-state index contributed by atoms with van der Waals surface area (Å²) in [4.78, 5) is 35.4. The van der Waals surface area contributed by atoms with Crippen LogP contribution in [0.2, 0.25) is 0 Å². The maximum atomic E-state index is 12.4. The van der Waals surface area contributed by atoms with Gasteiger partial charge in [0.15, 0.2) is 0 Å². The van der Waals surface area contributed by atoms with Crippen LogP contribution in [0.1, 0.15) is 33.1 Å². The van der Waals surface area contributed by atoms with E-state index < -0.39 is 10.8 Å². The van der Waals surface area contributed by atoms with Crippen molar-refractivity contribution in [3.05, 3.63) is 11.6 Å². The molecule has 0 heterocycles. The number of fused-ring (bicyclic) bond motifs is 3. The number of carbonyl (C=O) groups is 3. The van der Waals surface area contributed by atoms with E-state index in [-0.39, 0.29) is 23.2 Å². The van der Waals surface area contributed by atoms with Crippen LogP contribution in [0.15, 0.2) is 11.6 Å². The number of hydrogen-bond acceptors (Lipinski definition) is 4. The van der Waals surface area contributed by atoms with E-state index in [2.05, 4.69) is 13.8 Å². The first-order chi connectivity index (χ1) is 9.37. The van der Waals surface area contributed by atoms with Crippen LogP contribution in [-0.4, -0.2) is 25.7 Å². The molecule has 2 fully saturated rings. The Bertz CT molecular complexity index is 533. The van der Waals surface area contributed by atoms with Crippen molar-refractivity contribution < 1.29 is 19.1 Å². The van der Waals surface area contributed by atoms with Gasteiger partial charge in [-0.2, -0.15) is 0 Å². The Balaban J connectivity index is 2.14. The summed E-state index contributed by atoms with van der Waals surface area (Å²) in [5, 5.41) is 0. The second kappa shape index (κ2) is 3.80. The molecule has 1 unspecified atom stereocenters. The van der Waals surface area contributed by atoms with Gasteiger partial charge in [0.25, 0.3) is 0 Å². The molecule has 4 nitrogen and oxygen atoms in total. The highest BCUT2D eigenvalue weighted by Gasteiger charge is 2.80. The highest BCUT2D eigenvalue weighted by atomic mass is 16.5. The number of esters is 1. The molecule has 0 N–H and O–H groups in total. The molecule has 0 bridgehead atoms. The lowest BCUT2D eigenvalue weighted by Crippen LogP contribution is -2.39. The minimum absolute atomic E-state index is 0.110. The molecule has 3 rings (SSSR count). The van der Waals surface area contributed by atoms with Gasteiger partial charge >= 0.3 is 5.97 Å². The molecule has 4 heteroatoms. The number of carbonyl (C=O) groups excluding carboxylic acids is 3. The van der Waals surface area contributed by atoms with Gasteiger partial charge in [-0.05, 0) is 36.5 Å². The molecule has 3 aliphatic rings. The predicted molar refractivity (Wildman–Crippen MR) is 71.7 cm³/mol. The summed E-state index contributed by atoms with van der Waals surface area (Å²) in [6.45, 7) is 4.35. The van der Waals surface area contributed by atoms with Crippen molar-refractivity contribution in [1.82, 2.24) is 0 Å². The topological polar surface area (TPSA) is 60.4 Å². The fraction of sp³-hybridized carbons (Fsp3) is 0.688. The van der Waals surface area contributed by atoms with Gasteiger partial charge in [0.05, 0.1) is 17.9 Å². The average molecular weight is 276 g/mol. The van der Waals surface area contributed by atoms with Gasteiger partial charge in [0.2, 0.25) is 0 Å². The van der Waals surface area contributed by atoms with Crippen LogP contribution in [-0.2, 0) is 19.1 Å². The predicted octanol–water partition coefficient (Wildman–Crippen LogP) is 1.93. The van der Waals surface area contributed by atoms with Gasteiger partial charge in [-0.3, -0.25) is 9.59 Å². The Hall–Kier alpha value is -1.45. The fourth-order valence-corrected chi connectivity index (χ4v) is 4.87. The number of aldehydes is 2. The second-order valence-corrected chi connectivity index (χ2v) is 7.31. The summed E-state index contributed by atoms with van der Waals surface area (Å²) in [7, 11) is 1.36. The molecule has 20 heavy (non-hydrogen) atoms. The first-order valence-corrected chi connectivity index (χ1v) is 7.09. The lowest BCUT2D eigenvalue weighted by atomic mass is 9.69. The quantitative estimate of drug-likeness (QED) is 0.583. The number of hydrogen-bond donors (Lipinski definition) is 0. The summed E-state index contributed by atoms with van der Waals surface area (Å²) < 4.78 is 4.99. The van der Waals surface area contributed by atoms with E-state index >= 15 is 0 Å². The number of ether oxygens (including phenoxy) is 1. The molecule has 0 radical (unpaired) electrons. The number of rotatable bonds is 3. The van der Waals surface area contributed by atoms with Gasteiger partial charge in [0, 0.05) is 5.57 Å². The van der Waals surface area contributed by atoms with E-state index in [0.717, 1.165) is 25.4 Å².